The number of hydrogen-bond donors (Lipinski definition) is 0. The van der Waals surface area contributed by atoms with E-state index in [-0.39, 0.29) is 30.6 Å². The largest absolute Gasteiger partial charge is 0.375 e. The van der Waals surface area contributed by atoms with Crippen LogP contribution in [0.5, 0.6) is 0 Å². The Hall–Kier alpha value is -0.910. The lowest BCUT2D eigenvalue weighted by molar-refractivity contribution is -0.0706. The molecule has 1 unspecified atom stereocenters. The van der Waals surface area contributed by atoms with Crippen LogP contribution in [0.25, 0.3) is 0 Å². The third kappa shape index (κ3) is 4.30. The summed E-state index contributed by atoms with van der Waals surface area (Å²) in [4.78, 5) is 0.213. The van der Waals surface area contributed by atoms with Gasteiger partial charge in [0.15, 0.2) is 0 Å². The van der Waals surface area contributed by atoms with Gasteiger partial charge in [0.2, 0.25) is 0 Å². The van der Waals surface area contributed by atoms with Gasteiger partial charge in [0.05, 0.1) is 23.2 Å². The first-order valence-electron chi connectivity index (χ1n) is 6.52. The molecular formula is C15H24O4S. The summed E-state index contributed by atoms with van der Waals surface area (Å²) in [7, 11) is -3.68. The Kier molecular flexibility index (Phi) is 5.74. The second-order valence-electron chi connectivity index (χ2n) is 5.21. The third-order valence-corrected chi connectivity index (χ3v) is 4.60. The molecule has 1 saturated heterocycles. The average molecular weight is 300 g/mol. The minimum Gasteiger partial charge on any atom is -0.375 e. The normalized spacial score (nSPS) is 26.9. The van der Waals surface area contributed by atoms with Gasteiger partial charge in [0.1, 0.15) is 0 Å². The molecule has 20 heavy (non-hydrogen) atoms. The van der Waals surface area contributed by atoms with Gasteiger partial charge < -0.3 is 4.74 Å². The maximum Gasteiger partial charge on any atom is 0.297 e. The van der Waals surface area contributed by atoms with Crippen LogP contribution in [0.4, 0.5) is 0 Å². The lowest BCUT2D eigenvalue weighted by Gasteiger charge is -2.31. The predicted octanol–water partition coefficient (Wildman–Crippen LogP) is 3.29. The van der Waals surface area contributed by atoms with Crippen molar-refractivity contribution in [2.45, 2.75) is 64.2 Å². The van der Waals surface area contributed by atoms with Crippen LogP contribution in [-0.2, 0) is 19.0 Å². The van der Waals surface area contributed by atoms with Crippen molar-refractivity contribution in [1.82, 2.24) is 0 Å². The summed E-state index contributed by atoms with van der Waals surface area (Å²) in [5, 5.41) is 0. The molecule has 1 aromatic rings. The zero-order valence-corrected chi connectivity index (χ0v) is 12.3. The van der Waals surface area contributed by atoms with Gasteiger partial charge in [-0.05, 0) is 32.9 Å². The minimum absolute atomic E-state index is 0. The van der Waals surface area contributed by atoms with Crippen molar-refractivity contribution in [1.29, 1.82) is 0 Å². The summed E-state index contributed by atoms with van der Waals surface area (Å²) in [5.41, 5.74) is 1.02. The summed E-state index contributed by atoms with van der Waals surface area (Å²) in [6, 6.07) is 6.70. The van der Waals surface area contributed by atoms with Gasteiger partial charge in [0, 0.05) is 12.8 Å². The fraction of sp³-hybridized carbons (Fsp3) is 0.600. The standard InChI is InChI=1S/C14H20O4S.CH4/c1-10-4-6-14(7-5-10)19(15,16)18-13-8-11(2)17-12(3)9-13;/h4-7,11-13H,8-9H2,1-3H3;1H4/t11-,12+,13?;. The lowest BCUT2D eigenvalue weighted by Crippen LogP contribution is -2.35. The van der Waals surface area contributed by atoms with E-state index in [1.165, 1.54) is 0 Å². The number of benzene rings is 1. The van der Waals surface area contributed by atoms with Crippen LogP contribution in [0.1, 0.15) is 39.7 Å². The molecule has 1 aromatic carbocycles. The molecule has 0 saturated carbocycles. The molecule has 0 aromatic heterocycles. The van der Waals surface area contributed by atoms with Crippen LogP contribution in [0, 0.1) is 6.92 Å². The van der Waals surface area contributed by atoms with Gasteiger partial charge in [-0.15, -0.1) is 0 Å². The molecule has 114 valence electrons. The molecule has 5 heteroatoms. The fourth-order valence-electron chi connectivity index (χ4n) is 2.36. The van der Waals surface area contributed by atoms with E-state index in [4.69, 9.17) is 8.92 Å². The summed E-state index contributed by atoms with van der Waals surface area (Å²) >= 11 is 0. The number of rotatable bonds is 3. The summed E-state index contributed by atoms with van der Waals surface area (Å²) in [5.74, 6) is 0. The van der Waals surface area contributed by atoms with E-state index in [1.54, 1.807) is 24.3 Å². The van der Waals surface area contributed by atoms with Crippen molar-refractivity contribution >= 4 is 10.1 Å². The first kappa shape index (κ1) is 17.1. The molecule has 3 atom stereocenters. The molecule has 0 amide bonds. The van der Waals surface area contributed by atoms with Crippen molar-refractivity contribution in [2.75, 3.05) is 0 Å². The van der Waals surface area contributed by atoms with Crippen LogP contribution >= 0.6 is 0 Å². The average Bonchev–Trinajstić information content (AvgIpc) is 2.27. The van der Waals surface area contributed by atoms with Gasteiger partial charge in [-0.3, -0.25) is 4.18 Å². The summed E-state index contributed by atoms with van der Waals surface area (Å²) < 4.78 is 35.2. The lowest BCUT2D eigenvalue weighted by atomic mass is 10.0. The van der Waals surface area contributed by atoms with Crippen molar-refractivity contribution in [3.05, 3.63) is 29.8 Å². The van der Waals surface area contributed by atoms with Crippen molar-refractivity contribution < 1.29 is 17.3 Å². The van der Waals surface area contributed by atoms with E-state index in [1.807, 2.05) is 20.8 Å². The highest BCUT2D eigenvalue weighted by atomic mass is 32.2. The van der Waals surface area contributed by atoms with Crippen LogP contribution in [0.2, 0.25) is 0 Å². The predicted molar refractivity (Wildman–Crippen MR) is 79.2 cm³/mol. The Morgan fingerprint density at radius 1 is 1.10 bits per heavy atom. The Morgan fingerprint density at radius 3 is 2.10 bits per heavy atom. The minimum atomic E-state index is -3.68. The Bertz CT molecular complexity index is 511. The Balaban J connectivity index is 0.00000200. The van der Waals surface area contributed by atoms with E-state index in [0.717, 1.165) is 5.56 Å². The first-order valence-corrected chi connectivity index (χ1v) is 7.93. The van der Waals surface area contributed by atoms with Crippen LogP contribution in [-0.4, -0.2) is 26.7 Å². The maximum atomic E-state index is 12.2. The van der Waals surface area contributed by atoms with E-state index in [0.29, 0.717) is 12.8 Å². The number of aryl methyl sites for hydroxylation is 1. The zero-order valence-electron chi connectivity index (χ0n) is 11.5. The molecule has 1 aliphatic heterocycles. The molecular weight excluding hydrogens is 276 g/mol. The molecule has 1 heterocycles. The third-order valence-electron chi connectivity index (χ3n) is 3.23. The molecule has 2 rings (SSSR count). The van der Waals surface area contributed by atoms with Gasteiger partial charge >= 0.3 is 0 Å². The molecule has 0 spiro atoms. The highest BCUT2D eigenvalue weighted by molar-refractivity contribution is 7.86. The number of hydrogen-bond acceptors (Lipinski definition) is 4. The molecule has 1 fully saturated rings. The van der Waals surface area contributed by atoms with E-state index in [9.17, 15) is 8.42 Å². The maximum absolute atomic E-state index is 12.2. The Labute approximate surface area is 122 Å². The second kappa shape index (κ2) is 6.70. The topological polar surface area (TPSA) is 52.6 Å². The van der Waals surface area contributed by atoms with Crippen LogP contribution in [0.3, 0.4) is 0 Å². The molecule has 4 nitrogen and oxygen atoms in total. The van der Waals surface area contributed by atoms with E-state index in [2.05, 4.69) is 0 Å². The smallest absolute Gasteiger partial charge is 0.297 e. The monoisotopic (exact) mass is 300 g/mol. The molecule has 0 aliphatic carbocycles. The van der Waals surface area contributed by atoms with Crippen molar-refractivity contribution in [2.24, 2.45) is 0 Å². The summed E-state index contributed by atoms with van der Waals surface area (Å²) in [6.07, 6.45) is 0.971. The summed E-state index contributed by atoms with van der Waals surface area (Å²) in [6.45, 7) is 5.79. The van der Waals surface area contributed by atoms with Gasteiger partial charge in [-0.1, -0.05) is 25.1 Å². The van der Waals surface area contributed by atoms with Gasteiger partial charge in [-0.2, -0.15) is 8.42 Å². The van der Waals surface area contributed by atoms with Crippen molar-refractivity contribution in [3.8, 4) is 0 Å². The van der Waals surface area contributed by atoms with E-state index >= 15 is 0 Å². The van der Waals surface area contributed by atoms with Crippen molar-refractivity contribution in [3.63, 3.8) is 0 Å². The van der Waals surface area contributed by atoms with E-state index < -0.39 is 10.1 Å². The quantitative estimate of drug-likeness (QED) is 0.804. The highest BCUT2D eigenvalue weighted by Gasteiger charge is 2.29. The fourth-order valence-corrected chi connectivity index (χ4v) is 3.46. The molecule has 0 N–H and O–H groups in total. The zero-order chi connectivity index (χ0) is 14.0. The molecule has 0 bridgehead atoms. The molecule has 0 radical (unpaired) electrons. The first-order chi connectivity index (χ1) is 8.87. The highest BCUT2D eigenvalue weighted by Crippen LogP contribution is 2.25. The van der Waals surface area contributed by atoms with Gasteiger partial charge in [0.25, 0.3) is 10.1 Å². The Morgan fingerprint density at radius 2 is 1.60 bits per heavy atom. The van der Waals surface area contributed by atoms with Crippen LogP contribution in [0.15, 0.2) is 29.2 Å². The SMILES string of the molecule is C.Cc1ccc(S(=O)(=O)OC2C[C@@H](C)O[C@@H](C)C2)cc1. The van der Waals surface area contributed by atoms with Crippen LogP contribution < -0.4 is 0 Å². The number of ether oxygens (including phenoxy) is 1. The van der Waals surface area contributed by atoms with Gasteiger partial charge in [-0.25, -0.2) is 0 Å². The second-order valence-corrected chi connectivity index (χ2v) is 6.79. The molecule has 1 aliphatic rings.